The number of amides is 1. The van der Waals surface area contributed by atoms with E-state index >= 15 is 0 Å². The van der Waals surface area contributed by atoms with Crippen LogP contribution in [0.3, 0.4) is 0 Å². The van der Waals surface area contributed by atoms with Gasteiger partial charge in [-0.3, -0.25) is 9.59 Å². The van der Waals surface area contributed by atoms with E-state index in [1.807, 2.05) is 55.4 Å². The van der Waals surface area contributed by atoms with Crippen molar-refractivity contribution in [3.8, 4) is 22.8 Å². The molecule has 1 saturated heterocycles. The average molecular weight is 567 g/mol. The van der Waals surface area contributed by atoms with Crippen LogP contribution in [0.1, 0.15) is 16.2 Å². The van der Waals surface area contributed by atoms with Crippen molar-refractivity contribution in [2.24, 2.45) is 0 Å². The zero-order chi connectivity index (χ0) is 29.4. The Hall–Kier alpha value is -5.33. The molecule has 6 rings (SSSR count). The lowest BCUT2D eigenvalue weighted by Gasteiger charge is -2.36. The summed E-state index contributed by atoms with van der Waals surface area (Å²) in [5.41, 5.74) is 3.41. The number of pyridine rings is 1. The Morgan fingerprint density at radius 3 is 2.45 bits per heavy atom. The van der Waals surface area contributed by atoms with Crippen molar-refractivity contribution in [3.63, 3.8) is 0 Å². The van der Waals surface area contributed by atoms with E-state index in [0.717, 1.165) is 22.8 Å². The predicted octanol–water partition coefficient (Wildman–Crippen LogP) is 2.52. The summed E-state index contributed by atoms with van der Waals surface area (Å²) in [4.78, 5) is 44.5. The van der Waals surface area contributed by atoms with Crippen molar-refractivity contribution in [1.29, 1.82) is 0 Å². The van der Waals surface area contributed by atoms with E-state index in [2.05, 4.69) is 35.1 Å². The normalized spacial score (nSPS) is 13.4. The van der Waals surface area contributed by atoms with Gasteiger partial charge in [-0.15, -0.1) is 10.2 Å². The molecular formula is C29H30N10O3. The highest BCUT2D eigenvalue weighted by Gasteiger charge is 2.31. The van der Waals surface area contributed by atoms with Gasteiger partial charge in [-0.2, -0.15) is 5.10 Å². The van der Waals surface area contributed by atoms with Gasteiger partial charge in [0.2, 0.25) is 0 Å². The number of hydrogen-bond donors (Lipinski definition) is 1. The standard InChI is InChI=1S/C29H30N10O3/c1-18-32-17-39(35-18)28-26-24(22(42-4)16-31-28)20(15-30-26)27(40)29(41)38-12-10-37(11-13-38)21-14-23(36(2)3)33-34-25(21)19-8-6-5-7-9-19/h5-9,14-17,30H,10-13H2,1-4H3. The predicted molar refractivity (Wildman–Crippen MR) is 157 cm³/mol. The average Bonchev–Trinajstić information content (AvgIpc) is 3.67. The minimum atomic E-state index is -0.620. The first-order chi connectivity index (χ1) is 20.4. The minimum Gasteiger partial charge on any atom is -0.494 e. The molecule has 4 aromatic heterocycles. The summed E-state index contributed by atoms with van der Waals surface area (Å²) in [5.74, 6) is 0.950. The Kier molecular flexibility index (Phi) is 6.98. The first-order valence-electron chi connectivity index (χ1n) is 13.5. The second kappa shape index (κ2) is 10.9. The van der Waals surface area contributed by atoms with Crippen molar-refractivity contribution in [3.05, 3.63) is 66.5 Å². The maximum absolute atomic E-state index is 13.6. The van der Waals surface area contributed by atoms with Crippen LogP contribution in [0.2, 0.25) is 0 Å². The first-order valence-corrected chi connectivity index (χ1v) is 13.5. The summed E-state index contributed by atoms with van der Waals surface area (Å²) in [6.07, 6.45) is 4.58. The highest BCUT2D eigenvalue weighted by Crippen LogP contribution is 2.33. The smallest absolute Gasteiger partial charge is 0.295 e. The molecule has 1 amide bonds. The number of hydrogen-bond acceptors (Lipinski definition) is 10. The molecule has 1 aliphatic rings. The Bertz CT molecular complexity index is 1770. The Morgan fingerprint density at radius 1 is 1.02 bits per heavy atom. The number of piperazine rings is 1. The number of rotatable bonds is 7. The topological polar surface area (TPSA) is 138 Å². The molecule has 0 unspecified atom stereocenters. The van der Waals surface area contributed by atoms with Crippen molar-refractivity contribution < 1.29 is 14.3 Å². The minimum absolute atomic E-state index is 0.218. The molecule has 13 nitrogen and oxygen atoms in total. The van der Waals surface area contributed by atoms with Gasteiger partial charge >= 0.3 is 0 Å². The lowest BCUT2D eigenvalue weighted by atomic mass is 10.1. The number of ketones is 1. The number of aryl methyl sites for hydroxylation is 1. The van der Waals surface area contributed by atoms with Gasteiger partial charge in [-0.05, 0) is 6.92 Å². The lowest BCUT2D eigenvalue weighted by molar-refractivity contribution is -0.126. The maximum atomic E-state index is 13.6. The van der Waals surface area contributed by atoms with E-state index in [0.29, 0.717) is 54.5 Å². The van der Waals surface area contributed by atoms with Crippen molar-refractivity contribution in [2.45, 2.75) is 6.92 Å². The molecule has 1 aliphatic heterocycles. The fraction of sp³-hybridized carbons (Fsp3) is 0.276. The second-order valence-corrected chi connectivity index (χ2v) is 10.1. The van der Waals surface area contributed by atoms with E-state index in [9.17, 15) is 9.59 Å². The van der Waals surface area contributed by atoms with Crippen LogP contribution in [0.4, 0.5) is 11.5 Å². The van der Waals surface area contributed by atoms with Gasteiger partial charge in [-0.25, -0.2) is 14.6 Å². The van der Waals surface area contributed by atoms with Crippen LogP contribution in [0.5, 0.6) is 5.75 Å². The molecule has 0 aliphatic carbocycles. The molecule has 5 heterocycles. The molecule has 0 saturated carbocycles. The molecule has 0 atom stereocenters. The maximum Gasteiger partial charge on any atom is 0.295 e. The summed E-state index contributed by atoms with van der Waals surface area (Å²) < 4.78 is 7.03. The number of nitrogens with zero attached hydrogens (tertiary/aromatic N) is 9. The first kappa shape index (κ1) is 26.9. The van der Waals surface area contributed by atoms with E-state index in [1.54, 1.807) is 18.2 Å². The number of benzene rings is 1. The van der Waals surface area contributed by atoms with Crippen molar-refractivity contribution in [2.75, 3.05) is 57.2 Å². The monoisotopic (exact) mass is 566 g/mol. The second-order valence-electron chi connectivity index (χ2n) is 10.1. The summed E-state index contributed by atoms with van der Waals surface area (Å²) in [7, 11) is 5.34. The third kappa shape index (κ3) is 4.78. The fourth-order valence-electron chi connectivity index (χ4n) is 5.10. The Labute approximate surface area is 241 Å². The largest absolute Gasteiger partial charge is 0.494 e. The molecule has 1 fully saturated rings. The lowest BCUT2D eigenvalue weighted by Crippen LogP contribution is -2.50. The quantitative estimate of drug-likeness (QED) is 0.231. The highest BCUT2D eigenvalue weighted by molar-refractivity contribution is 6.45. The van der Waals surface area contributed by atoms with E-state index in [1.165, 1.54) is 24.2 Å². The van der Waals surface area contributed by atoms with Crippen LogP contribution in [0.25, 0.3) is 28.0 Å². The number of Topliss-reactive ketones (excluding diaryl/α,β-unsaturated/α-hetero) is 1. The van der Waals surface area contributed by atoms with E-state index in [4.69, 9.17) is 4.74 Å². The van der Waals surface area contributed by atoms with Gasteiger partial charge in [-0.1, -0.05) is 30.3 Å². The molecule has 1 aromatic carbocycles. The van der Waals surface area contributed by atoms with Crippen LogP contribution in [0, 0.1) is 6.92 Å². The Balaban J connectivity index is 1.25. The zero-order valence-electron chi connectivity index (χ0n) is 23.8. The molecule has 1 N–H and O–H groups in total. The number of methoxy groups -OCH3 is 1. The van der Waals surface area contributed by atoms with Crippen molar-refractivity contribution in [1.82, 2.24) is 39.8 Å². The Morgan fingerprint density at radius 2 is 1.79 bits per heavy atom. The highest BCUT2D eigenvalue weighted by atomic mass is 16.5. The van der Waals surface area contributed by atoms with E-state index < -0.39 is 11.7 Å². The molecular weight excluding hydrogens is 536 g/mol. The third-order valence-corrected chi connectivity index (χ3v) is 7.31. The molecule has 0 radical (unpaired) electrons. The number of ether oxygens (including phenoxy) is 1. The zero-order valence-corrected chi connectivity index (χ0v) is 23.8. The van der Waals surface area contributed by atoms with Gasteiger partial charge in [0, 0.05) is 58.1 Å². The number of aromatic amines is 1. The molecule has 5 aromatic rings. The summed E-state index contributed by atoms with van der Waals surface area (Å²) in [5, 5.41) is 13.7. The van der Waals surface area contributed by atoms with Crippen LogP contribution >= 0.6 is 0 Å². The SMILES string of the molecule is COc1cnc(-n2cnc(C)n2)c2[nH]cc(C(=O)C(=O)N3CCN(c4cc(N(C)C)nnc4-c4ccccc4)CC3)c12. The summed E-state index contributed by atoms with van der Waals surface area (Å²) in [6, 6.07) is 11.9. The number of H-pyrrole nitrogens is 1. The summed E-state index contributed by atoms with van der Waals surface area (Å²) in [6.45, 7) is 3.60. The van der Waals surface area contributed by atoms with E-state index in [-0.39, 0.29) is 5.56 Å². The van der Waals surface area contributed by atoms with Gasteiger partial charge in [0.05, 0.1) is 35.5 Å². The molecule has 0 bridgehead atoms. The fourth-order valence-corrected chi connectivity index (χ4v) is 5.10. The number of nitrogens with one attached hydrogen (secondary N) is 1. The molecule has 214 valence electrons. The number of aromatic nitrogens is 7. The number of fused-ring (bicyclic) bond motifs is 1. The molecule has 0 spiro atoms. The van der Waals surface area contributed by atoms with Crippen LogP contribution in [-0.2, 0) is 4.79 Å². The van der Waals surface area contributed by atoms with Crippen molar-refractivity contribution >= 4 is 34.1 Å². The van der Waals surface area contributed by atoms with Gasteiger partial charge in [0.1, 0.15) is 23.6 Å². The summed E-state index contributed by atoms with van der Waals surface area (Å²) >= 11 is 0. The van der Waals surface area contributed by atoms with Gasteiger partial charge in [0.25, 0.3) is 11.7 Å². The van der Waals surface area contributed by atoms with Crippen LogP contribution in [0.15, 0.2) is 55.1 Å². The third-order valence-electron chi connectivity index (χ3n) is 7.31. The number of carbonyl (C=O) groups excluding carboxylic acids is 2. The van der Waals surface area contributed by atoms with Crippen LogP contribution < -0.4 is 14.5 Å². The van der Waals surface area contributed by atoms with Gasteiger partial charge < -0.3 is 24.4 Å². The number of anilines is 2. The van der Waals surface area contributed by atoms with Crippen LogP contribution in [-0.4, -0.2) is 98.9 Å². The molecule has 13 heteroatoms. The molecule has 42 heavy (non-hydrogen) atoms. The number of carbonyl (C=O) groups is 2. The van der Waals surface area contributed by atoms with Gasteiger partial charge in [0.15, 0.2) is 11.6 Å².